The second-order valence-corrected chi connectivity index (χ2v) is 4.68. The van der Waals surface area contributed by atoms with E-state index < -0.39 is 24.3 Å². The molecule has 2 aromatic carbocycles. The quantitative estimate of drug-likeness (QED) is 0.922. The van der Waals surface area contributed by atoms with Gasteiger partial charge in [-0.2, -0.15) is 13.2 Å². The summed E-state index contributed by atoms with van der Waals surface area (Å²) in [4.78, 5) is 11.7. The molecule has 116 valence electrons. The lowest BCUT2D eigenvalue weighted by Crippen LogP contribution is -2.54. The normalized spacial score (nSPS) is 14.3. The van der Waals surface area contributed by atoms with Crippen molar-refractivity contribution in [3.05, 3.63) is 71.8 Å². The summed E-state index contributed by atoms with van der Waals surface area (Å²) in [6, 6.07) is 14.9. The molecule has 0 aliphatic heterocycles. The Hall–Kier alpha value is -2.34. The molecule has 0 aromatic heterocycles. The zero-order chi connectivity index (χ0) is 16.2. The van der Waals surface area contributed by atoms with Crippen LogP contribution in [0.15, 0.2) is 60.7 Å². The van der Waals surface area contributed by atoms with Crippen LogP contribution in [0.5, 0.6) is 0 Å². The van der Waals surface area contributed by atoms with Gasteiger partial charge in [-0.25, -0.2) is 0 Å². The second-order valence-electron chi connectivity index (χ2n) is 4.68. The van der Waals surface area contributed by atoms with Crippen LogP contribution >= 0.6 is 0 Å². The van der Waals surface area contributed by atoms with E-state index in [1.54, 1.807) is 36.4 Å². The summed E-state index contributed by atoms with van der Waals surface area (Å²) in [7, 11) is 0. The van der Waals surface area contributed by atoms with Gasteiger partial charge >= 0.3 is 6.18 Å². The predicted molar refractivity (Wildman–Crippen MR) is 74.6 cm³/mol. The number of primary amides is 1. The number of ether oxygens (including phenoxy) is 1. The minimum atomic E-state index is -4.98. The van der Waals surface area contributed by atoms with Crippen LogP contribution in [0, 0.1) is 0 Å². The molecule has 0 bridgehead atoms. The van der Waals surface area contributed by atoms with E-state index in [2.05, 4.69) is 0 Å². The molecule has 0 radical (unpaired) electrons. The van der Waals surface area contributed by atoms with Crippen LogP contribution < -0.4 is 5.73 Å². The van der Waals surface area contributed by atoms with Gasteiger partial charge in [-0.1, -0.05) is 60.7 Å². The fourth-order valence-corrected chi connectivity index (χ4v) is 2.12. The Morgan fingerprint density at radius 3 is 1.91 bits per heavy atom. The van der Waals surface area contributed by atoms with E-state index in [-0.39, 0.29) is 5.56 Å². The molecule has 0 saturated carbocycles. The van der Waals surface area contributed by atoms with Gasteiger partial charge in [0.05, 0.1) is 6.61 Å². The highest BCUT2D eigenvalue weighted by Crippen LogP contribution is 2.42. The number of carbonyl (C=O) groups is 1. The number of hydrogen-bond donors (Lipinski definition) is 1. The van der Waals surface area contributed by atoms with E-state index >= 15 is 0 Å². The van der Waals surface area contributed by atoms with E-state index in [1.165, 1.54) is 24.3 Å². The van der Waals surface area contributed by atoms with E-state index in [4.69, 9.17) is 10.5 Å². The van der Waals surface area contributed by atoms with Gasteiger partial charge in [0.15, 0.2) is 0 Å². The van der Waals surface area contributed by atoms with Gasteiger partial charge in [-0.15, -0.1) is 0 Å². The number of alkyl halides is 3. The standard InChI is InChI=1S/C16H14F3NO2/c17-16(18,19)15(14(20)21,13-9-5-2-6-10-13)22-11-12-7-3-1-4-8-12/h1-10H,11H2,(H2,20,21). The van der Waals surface area contributed by atoms with Crippen molar-refractivity contribution in [3.63, 3.8) is 0 Å². The summed E-state index contributed by atoms with van der Waals surface area (Å²) in [6.45, 7) is -0.391. The Morgan fingerprint density at radius 1 is 0.955 bits per heavy atom. The molecule has 0 aliphatic rings. The first-order valence-electron chi connectivity index (χ1n) is 6.48. The lowest BCUT2D eigenvalue weighted by atomic mass is 9.92. The number of amides is 1. The lowest BCUT2D eigenvalue weighted by Gasteiger charge is -2.33. The van der Waals surface area contributed by atoms with Gasteiger partial charge in [0.2, 0.25) is 0 Å². The minimum absolute atomic E-state index is 0.342. The maximum atomic E-state index is 13.6. The fourth-order valence-electron chi connectivity index (χ4n) is 2.12. The van der Waals surface area contributed by atoms with Crippen molar-refractivity contribution in [1.29, 1.82) is 0 Å². The molecule has 22 heavy (non-hydrogen) atoms. The van der Waals surface area contributed by atoms with Gasteiger partial charge in [0, 0.05) is 5.56 Å². The van der Waals surface area contributed by atoms with Crippen molar-refractivity contribution in [2.75, 3.05) is 0 Å². The highest BCUT2D eigenvalue weighted by molar-refractivity contribution is 5.86. The molecular weight excluding hydrogens is 295 g/mol. The monoisotopic (exact) mass is 309 g/mol. The first kappa shape index (κ1) is 16.0. The van der Waals surface area contributed by atoms with Crippen LogP contribution in [0.2, 0.25) is 0 Å². The Bertz CT molecular complexity index is 629. The van der Waals surface area contributed by atoms with Crippen LogP contribution in [0.1, 0.15) is 11.1 Å². The van der Waals surface area contributed by atoms with Gasteiger partial charge in [0.25, 0.3) is 11.5 Å². The molecule has 1 unspecified atom stereocenters. The number of hydrogen-bond acceptors (Lipinski definition) is 2. The number of rotatable bonds is 5. The van der Waals surface area contributed by atoms with Crippen LogP contribution in [-0.4, -0.2) is 12.1 Å². The van der Waals surface area contributed by atoms with E-state index in [0.717, 1.165) is 0 Å². The summed E-state index contributed by atoms with van der Waals surface area (Å²) in [6.07, 6.45) is -4.98. The third-order valence-corrected chi connectivity index (χ3v) is 3.22. The van der Waals surface area contributed by atoms with E-state index in [1.807, 2.05) is 0 Å². The maximum Gasteiger partial charge on any atom is 0.430 e. The second kappa shape index (κ2) is 6.19. The summed E-state index contributed by atoms with van der Waals surface area (Å²) >= 11 is 0. The van der Waals surface area contributed by atoms with Crippen LogP contribution in [-0.2, 0) is 21.7 Å². The Balaban J connectivity index is 2.43. The van der Waals surface area contributed by atoms with Gasteiger partial charge in [0.1, 0.15) is 0 Å². The highest BCUT2D eigenvalue weighted by atomic mass is 19.4. The lowest BCUT2D eigenvalue weighted by molar-refractivity contribution is -0.275. The first-order chi connectivity index (χ1) is 10.4. The third-order valence-electron chi connectivity index (χ3n) is 3.22. The molecule has 6 heteroatoms. The fraction of sp³-hybridized carbons (Fsp3) is 0.188. The van der Waals surface area contributed by atoms with Crippen LogP contribution in [0.4, 0.5) is 13.2 Å². The first-order valence-corrected chi connectivity index (χ1v) is 6.48. The number of carbonyl (C=O) groups excluding carboxylic acids is 1. The zero-order valence-electron chi connectivity index (χ0n) is 11.5. The van der Waals surface area contributed by atoms with Crippen LogP contribution in [0.3, 0.4) is 0 Å². The zero-order valence-corrected chi connectivity index (χ0v) is 11.5. The average molecular weight is 309 g/mol. The summed E-state index contributed by atoms with van der Waals surface area (Å²) in [5, 5.41) is 0. The molecule has 1 amide bonds. The molecule has 0 saturated heterocycles. The van der Waals surface area contributed by atoms with Crippen molar-refractivity contribution in [2.24, 2.45) is 5.73 Å². The molecular formula is C16H14F3NO2. The minimum Gasteiger partial charge on any atom is -0.367 e. The molecule has 0 heterocycles. The molecule has 1 atom stereocenters. The van der Waals surface area contributed by atoms with Gasteiger partial charge in [-0.05, 0) is 5.56 Å². The molecule has 0 spiro atoms. The summed E-state index contributed by atoms with van der Waals surface area (Å²) in [5.74, 6) is -1.60. The molecule has 0 fully saturated rings. The Morgan fingerprint density at radius 2 is 1.45 bits per heavy atom. The van der Waals surface area contributed by atoms with Crippen molar-refractivity contribution in [2.45, 2.75) is 18.4 Å². The van der Waals surface area contributed by atoms with E-state index in [9.17, 15) is 18.0 Å². The van der Waals surface area contributed by atoms with Crippen LogP contribution in [0.25, 0.3) is 0 Å². The van der Waals surface area contributed by atoms with Crippen molar-refractivity contribution in [3.8, 4) is 0 Å². The molecule has 0 aliphatic carbocycles. The Labute approximate surface area is 125 Å². The number of halogens is 3. The predicted octanol–water partition coefficient (Wildman–Crippen LogP) is 3.15. The molecule has 2 aromatic rings. The number of benzene rings is 2. The Kier molecular flexibility index (Phi) is 4.51. The smallest absolute Gasteiger partial charge is 0.367 e. The summed E-state index contributed by atoms with van der Waals surface area (Å²) < 4.78 is 45.8. The molecule has 2 N–H and O–H groups in total. The topological polar surface area (TPSA) is 52.3 Å². The third kappa shape index (κ3) is 2.96. The maximum absolute atomic E-state index is 13.6. The molecule has 3 nitrogen and oxygen atoms in total. The SMILES string of the molecule is NC(=O)C(OCc1ccccc1)(c1ccccc1)C(F)(F)F. The van der Waals surface area contributed by atoms with Gasteiger partial charge in [-0.3, -0.25) is 4.79 Å². The summed E-state index contributed by atoms with van der Waals surface area (Å²) in [5.41, 5.74) is 2.06. The average Bonchev–Trinajstić information content (AvgIpc) is 2.48. The molecule has 2 rings (SSSR count). The van der Waals surface area contributed by atoms with Crippen molar-refractivity contribution < 1.29 is 22.7 Å². The van der Waals surface area contributed by atoms with Crippen molar-refractivity contribution in [1.82, 2.24) is 0 Å². The van der Waals surface area contributed by atoms with Gasteiger partial charge < -0.3 is 10.5 Å². The largest absolute Gasteiger partial charge is 0.430 e. The van der Waals surface area contributed by atoms with E-state index in [0.29, 0.717) is 5.56 Å². The van der Waals surface area contributed by atoms with Crippen molar-refractivity contribution >= 4 is 5.91 Å². The highest BCUT2D eigenvalue weighted by Gasteiger charge is 2.62. The number of nitrogens with two attached hydrogens (primary N) is 1.